The quantitative estimate of drug-likeness (QED) is 0.398. The highest BCUT2D eigenvalue weighted by Gasteiger charge is 2.18. The van der Waals surface area contributed by atoms with Crippen LogP contribution in [0, 0.1) is 6.92 Å². The average molecular weight is 480 g/mol. The van der Waals surface area contributed by atoms with Gasteiger partial charge < -0.3 is 25.8 Å². The fourth-order valence-electron chi connectivity index (χ4n) is 5.10. The topological polar surface area (TPSA) is 68.3 Å². The Morgan fingerprint density at radius 2 is 1.60 bits per heavy atom. The number of aromatic nitrogens is 2. The number of likely N-dealkylation sites (N-methyl/N-ethyl adjacent to an activating group) is 1. The zero-order valence-corrected chi connectivity index (χ0v) is 21.9. The summed E-state index contributed by atoms with van der Waals surface area (Å²) < 4.78 is 0. The second-order valence-corrected chi connectivity index (χ2v) is 10.1. The van der Waals surface area contributed by atoms with Crippen molar-refractivity contribution in [3.05, 3.63) is 47.2 Å². The predicted molar refractivity (Wildman–Crippen MR) is 146 cm³/mol. The molecule has 0 bridgehead atoms. The van der Waals surface area contributed by atoms with Crippen LogP contribution in [-0.4, -0.2) is 66.7 Å². The van der Waals surface area contributed by atoms with E-state index >= 15 is 0 Å². The fourth-order valence-corrected chi connectivity index (χ4v) is 5.10. The molecular formula is C28H45N7. The van der Waals surface area contributed by atoms with Crippen molar-refractivity contribution < 1.29 is 0 Å². The van der Waals surface area contributed by atoms with Crippen molar-refractivity contribution in [2.24, 2.45) is 0 Å². The third-order valence-electron chi connectivity index (χ3n) is 7.36. The monoisotopic (exact) mass is 479 g/mol. The van der Waals surface area contributed by atoms with Crippen molar-refractivity contribution in [1.82, 2.24) is 25.5 Å². The van der Waals surface area contributed by atoms with Crippen molar-refractivity contribution in [3.8, 4) is 0 Å². The summed E-state index contributed by atoms with van der Waals surface area (Å²) in [6.07, 6.45) is 8.14. The van der Waals surface area contributed by atoms with Crippen LogP contribution in [0.5, 0.6) is 0 Å². The molecular weight excluding hydrogens is 434 g/mol. The van der Waals surface area contributed by atoms with Gasteiger partial charge in [-0.25, -0.2) is 4.98 Å². The van der Waals surface area contributed by atoms with E-state index in [-0.39, 0.29) is 0 Å². The number of rotatable bonds is 12. The SMILES string of the molecule is CCN1CCN(c2cc(C)nc(NCc3ccc(CNCCCNC4CCCCC4)cc3)n2)CC1. The number of piperazine rings is 1. The molecule has 35 heavy (non-hydrogen) atoms. The summed E-state index contributed by atoms with van der Waals surface area (Å²) in [4.78, 5) is 14.3. The normalized spacial score (nSPS) is 17.6. The maximum Gasteiger partial charge on any atom is 0.225 e. The van der Waals surface area contributed by atoms with Gasteiger partial charge in [0.25, 0.3) is 0 Å². The van der Waals surface area contributed by atoms with Gasteiger partial charge in [0.15, 0.2) is 0 Å². The third kappa shape index (κ3) is 8.44. The minimum absolute atomic E-state index is 0.713. The lowest BCUT2D eigenvalue weighted by atomic mass is 9.95. The summed E-state index contributed by atoms with van der Waals surface area (Å²) in [5.41, 5.74) is 3.58. The molecule has 1 saturated carbocycles. The minimum Gasteiger partial charge on any atom is -0.354 e. The number of hydrogen-bond acceptors (Lipinski definition) is 7. The highest BCUT2D eigenvalue weighted by atomic mass is 15.3. The van der Waals surface area contributed by atoms with Crippen LogP contribution in [0.2, 0.25) is 0 Å². The lowest BCUT2D eigenvalue weighted by molar-refractivity contribution is 0.270. The predicted octanol–water partition coefficient (Wildman–Crippen LogP) is 3.94. The Hall–Kier alpha value is -2.22. The Morgan fingerprint density at radius 1 is 0.886 bits per heavy atom. The summed E-state index contributed by atoms with van der Waals surface area (Å²) >= 11 is 0. The van der Waals surface area contributed by atoms with Gasteiger partial charge in [0.1, 0.15) is 5.82 Å². The van der Waals surface area contributed by atoms with Gasteiger partial charge in [0.05, 0.1) is 0 Å². The molecule has 0 amide bonds. The Kier molecular flexibility index (Phi) is 10.2. The zero-order chi connectivity index (χ0) is 24.3. The molecule has 1 aliphatic carbocycles. The Morgan fingerprint density at radius 3 is 2.31 bits per heavy atom. The number of aryl methyl sites for hydroxylation is 1. The molecule has 0 atom stereocenters. The van der Waals surface area contributed by atoms with E-state index in [4.69, 9.17) is 4.98 Å². The summed E-state index contributed by atoms with van der Waals surface area (Å²) in [5, 5.41) is 10.7. The highest BCUT2D eigenvalue weighted by Crippen LogP contribution is 2.18. The van der Waals surface area contributed by atoms with Crippen molar-refractivity contribution in [2.75, 3.05) is 56.0 Å². The molecule has 2 aromatic rings. The first kappa shape index (κ1) is 25.9. The van der Waals surface area contributed by atoms with E-state index in [1.54, 1.807) is 0 Å². The van der Waals surface area contributed by atoms with Crippen LogP contribution in [0.15, 0.2) is 30.3 Å². The zero-order valence-electron chi connectivity index (χ0n) is 21.9. The standard InChI is InChI=1S/C28H45N7/c1-3-34-16-18-35(19-17-34)27-20-23(2)32-28(33-27)31-22-25-12-10-24(11-13-25)21-29-14-7-15-30-26-8-5-4-6-9-26/h10-13,20,26,29-30H,3-9,14-19,21-22H2,1-2H3,(H,31,32,33). The minimum atomic E-state index is 0.713. The maximum absolute atomic E-state index is 4.81. The lowest BCUT2D eigenvalue weighted by Crippen LogP contribution is -2.46. The molecule has 0 spiro atoms. The van der Waals surface area contributed by atoms with Gasteiger partial charge in [-0.3, -0.25) is 0 Å². The van der Waals surface area contributed by atoms with Crippen LogP contribution in [0.3, 0.4) is 0 Å². The number of hydrogen-bond donors (Lipinski definition) is 3. The van der Waals surface area contributed by atoms with Crippen molar-refractivity contribution in [2.45, 2.75) is 71.5 Å². The summed E-state index contributed by atoms with van der Waals surface area (Å²) in [6.45, 7) is 13.5. The van der Waals surface area contributed by atoms with Crippen LogP contribution in [-0.2, 0) is 13.1 Å². The Labute approximate surface area is 212 Å². The van der Waals surface area contributed by atoms with Gasteiger partial charge >= 0.3 is 0 Å². The Balaban J connectivity index is 1.16. The molecule has 2 heterocycles. The number of nitrogens with zero attached hydrogens (tertiary/aromatic N) is 4. The largest absolute Gasteiger partial charge is 0.354 e. The van der Waals surface area contributed by atoms with Crippen molar-refractivity contribution in [3.63, 3.8) is 0 Å². The van der Waals surface area contributed by atoms with E-state index in [0.29, 0.717) is 5.95 Å². The van der Waals surface area contributed by atoms with Crippen LogP contribution >= 0.6 is 0 Å². The number of benzene rings is 1. The molecule has 192 valence electrons. The van der Waals surface area contributed by atoms with Gasteiger partial charge in [-0.1, -0.05) is 50.5 Å². The first-order chi connectivity index (χ1) is 17.2. The molecule has 0 unspecified atom stereocenters. The highest BCUT2D eigenvalue weighted by molar-refractivity contribution is 5.45. The van der Waals surface area contributed by atoms with E-state index in [1.165, 1.54) is 49.7 Å². The molecule has 2 fully saturated rings. The first-order valence-corrected chi connectivity index (χ1v) is 13.8. The molecule has 1 aromatic carbocycles. The van der Waals surface area contributed by atoms with Crippen LogP contribution in [0.25, 0.3) is 0 Å². The van der Waals surface area contributed by atoms with E-state index in [9.17, 15) is 0 Å². The molecule has 4 rings (SSSR count). The Bertz CT molecular complexity index is 871. The molecule has 1 aromatic heterocycles. The lowest BCUT2D eigenvalue weighted by Gasteiger charge is -2.34. The van der Waals surface area contributed by atoms with E-state index in [1.807, 2.05) is 6.92 Å². The fraction of sp³-hybridized carbons (Fsp3) is 0.643. The molecule has 7 nitrogen and oxygen atoms in total. The average Bonchev–Trinajstić information content (AvgIpc) is 2.90. The van der Waals surface area contributed by atoms with E-state index < -0.39 is 0 Å². The number of nitrogens with one attached hydrogen (secondary N) is 3. The first-order valence-electron chi connectivity index (χ1n) is 13.8. The second-order valence-electron chi connectivity index (χ2n) is 10.1. The molecule has 0 radical (unpaired) electrons. The van der Waals surface area contributed by atoms with Gasteiger partial charge in [-0.15, -0.1) is 0 Å². The third-order valence-corrected chi connectivity index (χ3v) is 7.36. The van der Waals surface area contributed by atoms with Gasteiger partial charge in [-0.2, -0.15) is 4.98 Å². The van der Waals surface area contributed by atoms with Crippen LogP contribution < -0.4 is 20.9 Å². The van der Waals surface area contributed by atoms with Gasteiger partial charge in [0.2, 0.25) is 5.95 Å². The molecule has 1 saturated heterocycles. The van der Waals surface area contributed by atoms with Crippen LogP contribution in [0.4, 0.5) is 11.8 Å². The molecule has 3 N–H and O–H groups in total. The summed E-state index contributed by atoms with van der Waals surface area (Å²) in [5.74, 6) is 1.75. The molecule has 7 heteroatoms. The van der Waals surface area contributed by atoms with E-state index in [2.05, 4.69) is 68.0 Å². The summed E-state index contributed by atoms with van der Waals surface area (Å²) in [7, 11) is 0. The number of anilines is 2. The van der Waals surface area contributed by atoms with Crippen molar-refractivity contribution >= 4 is 11.8 Å². The maximum atomic E-state index is 4.81. The van der Waals surface area contributed by atoms with Gasteiger partial charge in [0, 0.05) is 57.1 Å². The van der Waals surface area contributed by atoms with Crippen molar-refractivity contribution in [1.29, 1.82) is 0 Å². The smallest absolute Gasteiger partial charge is 0.225 e. The molecule has 2 aliphatic rings. The second kappa shape index (κ2) is 13.8. The molecule has 1 aliphatic heterocycles. The van der Waals surface area contributed by atoms with Gasteiger partial charge in [-0.05, 0) is 56.9 Å². The summed E-state index contributed by atoms with van der Waals surface area (Å²) in [6, 6.07) is 11.7. The van der Waals surface area contributed by atoms with E-state index in [0.717, 1.165) is 76.5 Å². The van der Waals surface area contributed by atoms with Crippen LogP contribution in [0.1, 0.15) is 62.3 Å².